The molecular weight excluding hydrogens is 524 g/mol. The monoisotopic (exact) mass is 548 g/mol. The summed E-state index contributed by atoms with van der Waals surface area (Å²) >= 11 is 7.42. The molecule has 1 aromatic heterocycles. The normalized spacial score (nSPS) is 16.8. The van der Waals surface area contributed by atoms with Gasteiger partial charge in [0.2, 0.25) is 0 Å². The molecule has 1 aliphatic rings. The molecule has 3 aromatic carbocycles. The number of aliphatic hydroxyl groups excluding tert-OH is 1. The first-order valence-electron chi connectivity index (χ1n) is 12.2. The van der Waals surface area contributed by atoms with Crippen LogP contribution in [0.4, 0.5) is 5.13 Å². The number of aromatic nitrogens is 1. The molecule has 9 heteroatoms. The van der Waals surface area contributed by atoms with Crippen LogP contribution < -0.4 is 14.4 Å². The zero-order chi connectivity index (χ0) is 26.8. The van der Waals surface area contributed by atoms with E-state index in [1.54, 1.807) is 66.7 Å². The number of ether oxygens (including phenoxy) is 2. The number of hydrogen-bond donors (Lipinski definition) is 1. The molecule has 0 radical (unpaired) electrons. The number of carbonyl (C=O) groups excluding carboxylic acids is 2. The highest BCUT2D eigenvalue weighted by Crippen LogP contribution is 2.45. The average Bonchev–Trinajstić information content (AvgIpc) is 3.45. The number of nitrogens with zero attached hydrogens (tertiary/aromatic N) is 2. The second kappa shape index (κ2) is 10.8. The van der Waals surface area contributed by atoms with Gasteiger partial charge in [-0.2, -0.15) is 0 Å². The standard InChI is InChI=1S/C29H25ClN2O5S/c1-3-14-37-20-11-8-17(9-12-20)26(33)24-25(18-6-5-7-21(15-18)36-4-2)32(28(35)27(24)34)29-31-22-13-10-19(30)16-23(22)38-29/h5-13,15-16,25,33H,3-4,14H2,1-2H3. The van der Waals surface area contributed by atoms with Crippen molar-refractivity contribution in [1.82, 2.24) is 4.98 Å². The Bertz CT molecular complexity index is 1550. The minimum absolute atomic E-state index is 0.0248. The lowest BCUT2D eigenvalue weighted by Gasteiger charge is -2.23. The molecule has 1 unspecified atom stereocenters. The van der Waals surface area contributed by atoms with Crippen LogP contribution in [-0.2, 0) is 9.59 Å². The number of thiazole rings is 1. The van der Waals surface area contributed by atoms with E-state index in [-0.39, 0.29) is 11.3 Å². The predicted octanol–water partition coefficient (Wildman–Crippen LogP) is 6.76. The van der Waals surface area contributed by atoms with Crippen molar-refractivity contribution in [3.05, 3.63) is 88.5 Å². The second-order valence-corrected chi connectivity index (χ2v) is 10.1. The van der Waals surface area contributed by atoms with Gasteiger partial charge in [0.25, 0.3) is 5.78 Å². The van der Waals surface area contributed by atoms with Crippen LogP contribution in [0.1, 0.15) is 37.4 Å². The van der Waals surface area contributed by atoms with E-state index >= 15 is 0 Å². The van der Waals surface area contributed by atoms with Crippen LogP contribution in [0.5, 0.6) is 11.5 Å². The number of carbonyl (C=O) groups is 2. The molecule has 5 rings (SSSR count). The van der Waals surface area contributed by atoms with Crippen molar-refractivity contribution >= 4 is 55.7 Å². The van der Waals surface area contributed by atoms with Crippen LogP contribution in [-0.4, -0.2) is 35.0 Å². The molecule has 0 bridgehead atoms. The van der Waals surface area contributed by atoms with Crippen LogP contribution in [0.3, 0.4) is 0 Å². The lowest BCUT2D eigenvalue weighted by atomic mass is 9.95. The maximum Gasteiger partial charge on any atom is 0.301 e. The number of anilines is 1. The van der Waals surface area contributed by atoms with Crippen LogP contribution in [0, 0.1) is 0 Å². The molecule has 2 heterocycles. The molecule has 0 spiro atoms. The number of aliphatic hydroxyl groups is 1. The smallest absolute Gasteiger partial charge is 0.301 e. The Morgan fingerprint density at radius 1 is 1.03 bits per heavy atom. The number of amides is 1. The van der Waals surface area contributed by atoms with Crippen molar-refractivity contribution in [1.29, 1.82) is 0 Å². The summed E-state index contributed by atoms with van der Waals surface area (Å²) in [5.41, 5.74) is 1.63. The van der Waals surface area contributed by atoms with Gasteiger partial charge in [-0.1, -0.05) is 42.0 Å². The molecule has 1 saturated heterocycles. The molecule has 7 nitrogen and oxygen atoms in total. The van der Waals surface area contributed by atoms with Gasteiger partial charge in [0.1, 0.15) is 17.3 Å². The minimum Gasteiger partial charge on any atom is -0.507 e. The van der Waals surface area contributed by atoms with Gasteiger partial charge in [0.15, 0.2) is 5.13 Å². The van der Waals surface area contributed by atoms with Crippen molar-refractivity contribution in [3.63, 3.8) is 0 Å². The van der Waals surface area contributed by atoms with Gasteiger partial charge in [-0.15, -0.1) is 0 Å². The summed E-state index contributed by atoms with van der Waals surface area (Å²) in [5, 5.41) is 12.3. The predicted molar refractivity (Wildman–Crippen MR) is 149 cm³/mol. The highest BCUT2D eigenvalue weighted by Gasteiger charge is 2.48. The summed E-state index contributed by atoms with van der Waals surface area (Å²) in [7, 11) is 0. The zero-order valence-corrected chi connectivity index (χ0v) is 22.4. The molecule has 1 fully saturated rings. The average molecular weight is 549 g/mol. The van der Waals surface area contributed by atoms with Gasteiger partial charge in [0, 0.05) is 10.6 Å². The van der Waals surface area contributed by atoms with Gasteiger partial charge >= 0.3 is 5.91 Å². The number of benzene rings is 3. The molecule has 1 N–H and O–H groups in total. The zero-order valence-electron chi connectivity index (χ0n) is 20.8. The second-order valence-electron chi connectivity index (χ2n) is 8.66. The summed E-state index contributed by atoms with van der Waals surface area (Å²) < 4.78 is 12.1. The summed E-state index contributed by atoms with van der Waals surface area (Å²) in [6.07, 6.45) is 0.865. The van der Waals surface area contributed by atoms with E-state index in [4.69, 9.17) is 21.1 Å². The summed E-state index contributed by atoms with van der Waals surface area (Å²) in [6, 6.07) is 18.3. The van der Waals surface area contributed by atoms with E-state index in [0.29, 0.717) is 51.5 Å². The first-order chi connectivity index (χ1) is 18.4. The Kier molecular flexibility index (Phi) is 7.35. The first kappa shape index (κ1) is 25.8. The highest BCUT2D eigenvalue weighted by molar-refractivity contribution is 7.22. The van der Waals surface area contributed by atoms with E-state index in [9.17, 15) is 14.7 Å². The molecule has 0 saturated carbocycles. The van der Waals surface area contributed by atoms with Crippen molar-refractivity contribution in [2.45, 2.75) is 26.3 Å². The van der Waals surface area contributed by atoms with E-state index in [1.807, 2.05) is 13.8 Å². The van der Waals surface area contributed by atoms with Crippen LogP contribution in [0.15, 0.2) is 72.3 Å². The van der Waals surface area contributed by atoms with Crippen molar-refractivity contribution in [3.8, 4) is 11.5 Å². The van der Waals surface area contributed by atoms with Crippen molar-refractivity contribution < 1.29 is 24.2 Å². The minimum atomic E-state index is -0.914. The topological polar surface area (TPSA) is 89.0 Å². The largest absolute Gasteiger partial charge is 0.507 e. The third-order valence-electron chi connectivity index (χ3n) is 6.08. The Hall–Kier alpha value is -3.88. The third-order valence-corrected chi connectivity index (χ3v) is 7.33. The molecule has 194 valence electrons. The molecule has 1 amide bonds. The van der Waals surface area contributed by atoms with Crippen LogP contribution in [0.25, 0.3) is 16.0 Å². The van der Waals surface area contributed by atoms with Crippen LogP contribution >= 0.6 is 22.9 Å². The Morgan fingerprint density at radius 3 is 2.55 bits per heavy atom. The Morgan fingerprint density at radius 2 is 1.82 bits per heavy atom. The fraction of sp³-hybridized carbons (Fsp3) is 0.207. The quantitative estimate of drug-likeness (QED) is 0.149. The maximum absolute atomic E-state index is 13.5. The molecule has 0 aliphatic carbocycles. The lowest BCUT2D eigenvalue weighted by molar-refractivity contribution is -0.132. The molecule has 38 heavy (non-hydrogen) atoms. The van der Waals surface area contributed by atoms with E-state index in [1.165, 1.54) is 16.2 Å². The number of halogens is 1. The number of ketones is 1. The van der Waals surface area contributed by atoms with Gasteiger partial charge < -0.3 is 14.6 Å². The number of fused-ring (bicyclic) bond motifs is 1. The molecule has 4 aromatic rings. The van der Waals surface area contributed by atoms with E-state index in [2.05, 4.69) is 4.98 Å². The van der Waals surface area contributed by atoms with Gasteiger partial charge in [-0.25, -0.2) is 4.98 Å². The molecule has 1 aliphatic heterocycles. The van der Waals surface area contributed by atoms with E-state index in [0.717, 1.165) is 11.1 Å². The number of rotatable bonds is 8. The molecular formula is C29H25ClN2O5S. The van der Waals surface area contributed by atoms with E-state index < -0.39 is 17.7 Å². The fourth-order valence-electron chi connectivity index (χ4n) is 4.36. The Labute approximate surface area is 228 Å². The summed E-state index contributed by atoms with van der Waals surface area (Å²) in [6.45, 7) is 4.91. The van der Waals surface area contributed by atoms with Crippen molar-refractivity contribution in [2.24, 2.45) is 0 Å². The third kappa shape index (κ3) is 4.85. The number of Topliss-reactive ketones (excluding diaryl/α,β-unsaturated/α-hetero) is 1. The fourth-order valence-corrected chi connectivity index (χ4v) is 5.63. The SMILES string of the molecule is CCCOc1ccc(C(O)=C2C(=O)C(=O)N(c3nc4ccc(Cl)cc4s3)C2c2cccc(OCC)c2)cc1. The highest BCUT2D eigenvalue weighted by atomic mass is 35.5. The molecule has 1 atom stereocenters. The maximum atomic E-state index is 13.5. The van der Waals surface area contributed by atoms with Crippen LogP contribution in [0.2, 0.25) is 5.02 Å². The first-order valence-corrected chi connectivity index (χ1v) is 13.4. The Balaban J connectivity index is 1.66. The van der Waals surface area contributed by atoms with Gasteiger partial charge in [-0.3, -0.25) is 14.5 Å². The summed E-state index contributed by atoms with van der Waals surface area (Å²) in [4.78, 5) is 32.9. The number of hydrogen-bond acceptors (Lipinski definition) is 7. The van der Waals surface area contributed by atoms with Gasteiger partial charge in [0.05, 0.1) is 35.0 Å². The van der Waals surface area contributed by atoms with Crippen molar-refractivity contribution in [2.75, 3.05) is 18.1 Å². The summed E-state index contributed by atoms with van der Waals surface area (Å²) in [5.74, 6) is -0.602. The lowest BCUT2D eigenvalue weighted by Crippen LogP contribution is -2.29. The van der Waals surface area contributed by atoms with Gasteiger partial charge in [-0.05, 0) is 73.5 Å².